The molecule has 1 atom stereocenters. The van der Waals surface area contributed by atoms with E-state index in [1.54, 1.807) is 12.1 Å². The second-order valence-electron chi connectivity index (χ2n) is 8.99. The number of anilines is 1. The van der Waals surface area contributed by atoms with Gasteiger partial charge in [0.25, 0.3) is 0 Å². The summed E-state index contributed by atoms with van der Waals surface area (Å²) < 4.78 is 15.6. The number of piperidine rings is 1. The maximum absolute atomic E-state index is 13.7. The van der Waals surface area contributed by atoms with E-state index in [-0.39, 0.29) is 23.5 Å². The molecule has 0 N–H and O–H groups in total. The van der Waals surface area contributed by atoms with E-state index >= 15 is 0 Å². The van der Waals surface area contributed by atoms with E-state index in [0.717, 1.165) is 49.7 Å². The molecular formula is C26H30FN5OS. The lowest BCUT2D eigenvalue weighted by molar-refractivity contribution is -0.116. The van der Waals surface area contributed by atoms with E-state index in [0.29, 0.717) is 5.16 Å². The van der Waals surface area contributed by atoms with Gasteiger partial charge >= 0.3 is 0 Å². The number of hydrogen-bond donors (Lipinski definition) is 0. The molecule has 1 fully saturated rings. The molecule has 8 heteroatoms. The number of carbonyl (C=O) groups excluding carboxylic acids is 1. The van der Waals surface area contributed by atoms with Gasteiger partial charge in [0.05, 0.1) is 11.8 Å². The van der Waals surface area contributed by atoms with Crippen LogP contribution in [0.5, 0.6) is 0 Å². The van der Waals surface area contributed by atoms with Gasteiger partial charge in [-0.1, -0.05) is 36.4 Å². The average molecular weight is 480 g/mol. The van der Waals surface area contributed by atoms with Crippen LogP contribution in [-0.4, -0.2) is 51.0 Å². The van der Waals surface area contributed by atoms with Crippen molar-refractivity contribution >= 4 is 23.4 Å². The third-order valence-corrected chi connectivity index (χ3v) is 7.71. The first-order valence-corrected chi connectivity index (χ1v) is 13.1. The van der Waals surface area contributed by atoms with Crippen LogP contribution in [0.25, 0.3) is 5.69 Å². The van der Waals surface area contributed by atoms with Gasteiger partial charge in [0.2, 0.25) is 5.91 Å². The number of fused-ring (bicyclic) bond motifs is 1. The highest BCUT2D eigenvalue weighted by Gasteiger charge is 2.27. The van der Waals surface area contributed by atoms with Gasteiger partial charge in [-0.3, -0.25) is 14.3 Å². The minimum absolute atomic E-state index is 0.0661. The van der Waals surface area contributed by atoms with E-state index in [1.807, 2.05) is 27.7 Å². The van der Waals surface area contributed by atoms with Gasteiger partial charge in [-0.05, 0) is 81.6 Å². The van der Waals surface area contributed by atoms with Crippen molar-refractivity contribution in [2.24, 2.45) is 0 Å². The molecule has 0 bridgehead atoms. The zero-order valence-electron chi connectivity index (χ0n) is 19.5. The van der Waals surface area contributed by atoms with Crippen LogP contribution in [-0.2, 0) is 11.2 Å². The van der Waals surface area contributed by atoms with Crippen LogP contribution in [0.3, 0.4) is 0 Å². The Kier molecular flexibility index (Phi) is 6.97. The molecule has 1 unspecified atom stereocenters. The first kappa shape index (κ1) is 23.1. The molecule has 178 valence electrons. The van der Waals surface area contributed by atoms with Gasteiger partial charge in [0, 0.05) is 17.9 Å². The number of para-hydroxylation sites is 1. The molecule has 2 aromatic carbocycles. The fourth-order valence-corrected chi connectivity index (χ4v) is 5.78. The minimum atomic E-state index is -0.282. The van der Waals surface area contributed by atoms with Crippen molar-refractivity contribution in [2.75, 3.05) is 30.3 Å². The van der Waals surface area contributed by atoms with E-state index in [4.69, 9.17) is 0 Å². The van der Waals surface area contributed by atoms with Gasteiger partial charge in [-0.15, -0.1) is 10.2 Å². The summed E-state index contributed by atoms with van der Waals surface area (Å²) in [5.74, 6) is 0.880. The van der Waals surface area contributed by atoms with Crippen LogP contribution in [0.1, 0.15) is 50.0 Å². The first-order chi connectivity index (χ1) is 16.6. The molecule has 0 radical (unpaired) electrons. The number of amides is 1. The summed E-state index contributed by atoms with van der Waals surface area (Å²) in [4.78, 5) is 17.5. The van der Waals surface area contributed by atoms with Crippen LogP contribution in [0.2, 0.25) is 0 Å². The molecule has 1 saturated heterocycles. The molecule has 3 heterocycles. The fraction of sp³-hybridized carbons (Fsp3) is 0.423. The smallest absolute Gasteiger partial charge is 0.237 e. The molecule has 2 aliphatic heterocycles. The Morgan fingerprint density at radius 2 is 1.76 bits per heavy atom. The average Bonchev–Trinajstić information content (AvgIpc) is 3.31. The molecule has 1 amide bonds. The Morgan fingerprint density at radius 3 is 2.56 bits per heavy atom. The molecule has 34 heavy (non-hydrogen) atoms. The first-order valence-electron chi connectivity index (χ1n) is 12.1. The number of benzene rings is 2. The molecule has 1 aromatic heterocycles. The van der Waals surface area contributed by atoms with E-state index in [2.05, 4.69) is 28.1 Å². The van der Waals surface area contributed by atoms with E-state index in [1.165, 1.54) is 48.7 Å². The number of hydrogen-bond acceptors (Lipinski definition) is 5. The number of aromatic nitrogens is 3. The molecule has 2 aliphatic rings. The van der Waals surface area contributed by atoms with E-state index < -0.39 is 0 Å². The third-order valence-electron chi connectivity index (χ3n) is 6.79. The maximum Gasteiger partial charge on any atom is 0.237 e. The van der Waals surface area contributed by atoms with Crippen molar-refractivity contribution < 1.29 is 9.18 Å². The number of aryl methyl sites for hydroxylation is 1. The normalized spacial score (nSPS) is 17.4. The largest absolute Gasteiger partial charge is 0.311 e. The highest BCUT2D eigenvalue weighted by molar-refractivity contribution is 7.99. The molecule has 3 aromatic rings. The fourth-order valence-electron chi connectivity index (χ4n) is 4.94. The predicted molar refractivity (Wildman–Crippen MR) is 133 cm³/mol. The van der Waals surface area contributed by atoms with Gasteiger partial charge in [-0.2, -0.15) is 0 Å². The quantitative estimate of drug-likeness (QED) is 0.465. The maximum atomic E-state index is 13.7. The summed E-state index contributed by atoms with van der Waals surface area (Å²) in [7, 11) is 0. The van der Waals surface area contributed by atoms with E-state index in [9.17, 15) is 9.18 Å². The summed E-state index contributed by atoms with van der Waals surface area (Å²) in [5, 5.41) is 9.68. The highest BCUT2D eigenvalue weighted by atomic mass is 32.2. The SMILES string of the molecule is CC(c1nnc(SCC(=O)N2CCCc3ccccc32)n1-c1ccc(F)cc1)N1CCCCC1. The lowest BCUT2D eigenvalue weighted by Crippen LogP contribution is -2.36. The Balaban J connectivity index is 1.40. The van der Waals surface area contributed by atoms with Crippen LogP contribution in [0.15, 0.2) is 53.7 Å². The lowest BCUT2D eigenvalue weighted by atomic mass is 10.0. The third kappa shape index (κ3) is 4.74. The summed E-state index contributed by atoms with van der Waals surface area (Å²) in [6.45, 7) is 4.96. The standard InChI is InChI=1S/C26H30FN5OS/c1-19(30-15-5-2-6-16-30)25-28-29-26(32(25)22-13-11-21(27)12-14-22)34-18-24(33)31-17-7-9-20-8-3-4-10-23(20)31/h3-4,8,10-14,19H,2,5-7,9,15-18H2,1H3. The molecule has 6 nitrogen and oxygen atoms in total. The molecule has 5 rings (SSSR count). The van der Waals surface area contributed by atoms with Crippen LogP contribution >= 0.6 is 11.8 Å². The van der Waals surface area contributed by atoms with Gasteiger partial charge in [0.1, 0.15) is 5.82 Å². The zero-order valence-corrected chi connectivity index (χ0v) is 20.3. The number of thioether (sulfide) groups is 1. The predicted octanol–water partition coefficient (Wildman–Crippen LogP) is 5.02. The molecule has 0 aliphatic carbocycles. The Hall–Kier alpha value is -2.71. The Bertz CT molecular complexity index is 1140. The van der Waals surface area contributed by atoms with Crippen LogP contribution < -0.4 is 4.90 Å². The summed E-state index contributed by atoms with van der Waals surface area (Å²) in [5.41, 5.74) is 3.04. The van der Waals surface area contributed by atoms with Crippen molar-refractivity contribution in [1.29, 1.82) is 0 Å². The van der Waals surface area contributed by atoms with Gasteiger partial charge in [-0.25, -0.2) is 4.39 Å². The molecular weight excluding hydrogens is 449 g/mol. The van der Waals surface area contributed by atoms with Crippen molar-refractivity contribution in [3.63, 3.8) is 0 Å². The van der Waals surface area contributed by atoms with Gasteiger partial charge < -0.3 is 4.90 Å². The number of carbonyl (C=O) groups is 1. The van der Waals surface area contributed by atoms with Crippen LogP contribution in [0.4, 0.5) is 10.1 Å². The number of halogens is 1. The Labute approximate surface area is 204 Å². The number of likely N-dealkylation sites (tertiary alicyclic amines) is 1. The minimum Gasteiger partial charge on any atom is -0.311 e. The lowest BCUT2D eigenvalue weighted by Gasteiger charge is -2.32. The molecule has 0 saturated carbocycles. The summed E-state index contributed by atoms with van der Waals surface area (Å²) >= 11 is 1.39. The summed E-state index contributed by atoms with van der Waals surface area (Å²) in [6, 6.07) is 14.6. The van der Waals surface area contributed by atoms with Crippen molar-refractivity contribution in [1.82, 2.24) is 19.7 Å². The van der Waals surface area contributed by atoms with Crippen molar-refractivity contribution in [2.45, 2.75) is 50.2 Å². The highest BCUT2D eigenvalue weighted by Crippen LogP contribution is 2.31. The second kappa shape index (κ2) is 10.3. The Morgan fingerprint density at radius 1 is 1.00 bits per heavy atom. The second-order valence-corrected chi connectivity index (χ2v) is 9.93. The zero-order chi connectivity index (χ0) is 23.5. The van der Waals surface area contributed by atoms with Crippen LogP contribution in [0, 0.1) is 5.82 Å². The van der Waals surface area contributed by atoms with Crippen molar-refractivity contribution in [3.05, 3.63) is 65.7 Å². The number of nitrogens with zero attached hydrogens (tertiary/aromatic N) is 5. The molecule has 0 spiro atoms. The topological polar surface area (TPSA) is 54.3 Å². The van der Waals surface area contributed by atoms with Gasteiger partial charge in [0.15, 0.2) is 11.0 Å². The number of rotatable bonds is 6. The monoisotopic (exact) mass is 479 g/mol. The summed E-state index contributed by atoms with van der Waals surface area (Å²) in [6.07, 6.45) is 5.60. The van der Waals surface area contributed by atoms with Crippen molar-refractivity contribution in [3.8, 4) is 5.69 Å².